The molecule has 8 heteroatoms. The molecule has 0 atom stereocenters. The Balaban J connectivity index is 1.35. The minimum Gasteiger partial charge on any atom is -0.497 e. The number of anilines is 1. The lowest BCUT2D eigenvalue weighted by atomic mass is 10.0. The molecular formula is C30H26FN5O2. The van der Waals surface area contributed by atoms with Crippen LogP contribution in [0.1, 0.15) is 10.4 Å². The minimum absolute atomic E-state index is 0.259. The van der Waals surface area contributed by atoms with Crippen LogP contribution in [-0.2, 0) is 0 Å². The van der Waals surface area contributed by atoms with Gasteiger partial charge in [-0.05, 0) is 66.2 Å². The average Bonchev–Trinajstić information content (AvgIpc) is 3.42. The summed E-state index contributed by atoms with van der Waals surface area (Å²) in [6.45, 7) is 0.846. The minimum atomic E-state index is -0.377. The molecule has 0 aliphatic rings. The number of nitrogens with one attached hydrogen (secondary N) is 2. The average molecular weight is 508 g/mol. The SMILES string of the molecule is COc1cccc(-c2nn(-c3ccccc3)cc2-c2ccnc(NCCNC(=O)c3ccc(F)cc3)c2)c1. The number of carbonyl (C=O) groups is 1. The molecule has 190 valence electrons. The molecule has 2 heterocycles. The summed E-state index contributed by atoms with van der Waals surface area (Å²) in [6.07, 6.45) is 3.75. The molecule has 0 saturated heterocycles. The third kappa shape index (κ3) is 5.70. The van der Waals surface area contributed by atoms with Crippen molar-refractivity contribution in [3.05, 3.63) is 115 Å². The summed E-state index contributed by atoms with van der Waals surface area (Å²) in [5.74, 6) is 0.785. The second-order valence-corrected chi connectivity index (χ2v) is 8.52. The van der Waals surface area contributed by atoms with E-state index in [0.717, 1.165) is 33.8 Å². The molecule has 0 saturated carbocycles. The summed E-state index contributed by atoms with van der Waals surface area (Å²) in [6, 6.07) is 27.1. The first-order valence-corrected chi connectivity index (χ1v) is 12.1. The first-order valence-electron chi connectivity index (χ1n) is 12.1. The highest BCUT2D eigenvalue weighted by Crippen LogP contribution is 2.34. The second-order valence-electron chi connectivity index (χ2n) is 8.52. The number of amides is 1. The predicted octanol–water partition coefficient (Wildman–Crippen LogP) is 5.59. The smallest absolute Gasteiger partial charge is 0.251 e. The Morgan fingerprint density at radius 3 is 2.53 bits per heavy atom. The van der Waals surface area contributed by atoms with Crippen LogP contribution in [0, 0.1) is 5.82 Å². The van der Waals surface area contributed by atoms with Gasteiger partial charge in [-0.25, -0.2) is 14.1 Å². The number of halogens is 1. The van der Waals surface area contributed by atoms with Crippen molar-refractivity contribution in [2.45, 2.75) is 0 Å². The zero-order valence-corrected chi connectivity index (χ0v) is 20.8. The van der Waals surface area contributed by atoms with Crippen molar-refractivity contribution >= 4 is 11.7 Å². The zero-order valence-electron chi connectivity index (χ0n) is 20.8. The van der Waals surface area contributed by atoms with Crippen LogP contribution < -0.4 is 15.4 Å². The van der Waals surface area contributed by atoms with Crippen LogP contribution in [0.4, 0.5) is 10.2 Å². The first-order chi connectivity index (χ1) is 18.6. The van der Waals surface area contributed by atoms with E-state index in [4.69, 9.17) is 9.84 Å². The first kappa shape index (κ1) is 24.7. The van der Waals surface area contributed by atoms with Crippen LogP contribution in [0.15, 0.2) is 103 Å². The van der Waals surface area contributed by atoms with Crippen LogP contribution in [0.5, 0.6) is 5.75 Å². The fourth-order valence-corrected chi connectivity index (χ4v) is 4.05. The van der Waals surface area contributed by atoms with E-state index in [2.05, 4.69) is 15.6 Å². The summed E-state index contributed by atoms with van der Waals surface area (Å²) < 4.78 is 20.4. The normalized spacial score (nSPS) is 10.7. The van der Waals surface area contributed by atoms with E-state index in [1.54, 1.807) is 13.3 Å². The number of methoxy groups -OCH3 is 1. The number of pyridine rings is 1. The summed E-state index contributed by atoms with van der Waals surface area (Å²) in [5.41, 5.74) is 4.99. The van der Waals surface area contributed by atoms with E-state index >= 15 is 0 Å². The molecule has 2 N–H and O–H groups in total. The van der Waals surface area contributed by atoms with Crippen molar-refractivity contribution in [3.63, 3.8) is 0 Å². The van der Waals surface area contributed by atoms with E-state index in [-0.39, 0.29) is 11.7 Å². The van der Waals surface area contributed by atoms with E-state index < -0.39 is 0 Å². The van der Waals surface area contributed by atoms with Gasteiger partial charge in [0.05, 0.1) is 12.8 Å². The van der Waals surface area contributed by atoms with Crippen LogP contribution >= 0.6 is 0 Å². The largest absolute Gasteiger partial charge is 0.497 e. The van der Waals surface area contributed by atoms with Gasteiger partial charge in [0.2, 0.25) is 0 Å². The van der Waals surface area contributed by atoms with Crippen molar-refractivity contribution in [2.75, 3.05) is 25.5 Å². The zero-order chi connectivity index (χ0) is 26.3. The summed E-state index contributed by atoms with van der Waals surface area (Å²) in [7, 11) is 1.64. The Morgan fingerprint density at radius 1 is 0.921 bits per heavy atom. The molecule has 0 fully saturated rings. The number of ether oxygens (including phenoxy) is 1. The Labute approximate surface area is 219 Å². The van der Waals surface area contributed by atoms with Gasteiger partial charge in [-0.3, -0.25) is 4.79 Å². The van der Waals surface area contributed by atoms with E-state index in [1.165, 1.54) is 24.3 Å². The van der Waals surface area contributed by atoms with Gasteiger partial charge in [-0.15, -0.1) is 0 Å². The number of nitrogens with zero attached hydrogens (tertiary/aromatic N) is 3. The summed E-state index contributed by atoms with van der Waals surface area (Å²) >= 11 is 0. The molecular weight excluding hydrogens is 481 g/mol. The van der Waals surface area contributed by atoms with Gasteiger partial charge in [-0.1, -0.05) is 30.3 Å². The van der Waals surface area contributed by atoms with Crippen LogP contribution in [0.2, 0.25) is 0 Å². The van der Waals surface area contributed by atoms with Gasteiger partial charge >= 0.3 is 0 Å². The van der Waals surface area contributed by atoms with Crippen molar-refractivity contribution in [1.82, 2.24) is 20.1 Å². The number of rotatable bonds is 9. The highest BCUT2D eigenvalue weighted by Gasteiger charge is 2.15. The molecule has 5 aromatic rings. The summed E-state index contributed by atoms with van der Waals surface area (Å²) in [4.78, 5) is 16.7. The Bertz CT molecular complexity index is 1530. The Morgan fingerprint density at radius 2 is 1.74 bits per heavy atom. The van der Waals surface area contributed by atoms with Crippen LogP contribution in [0.3, 0.4) is 0 Å². The number of benzene rings is 3. The second kappa shape index (κ2) is 11.4. The third-order valence-corrected chi connectivity index (χ3v) is 5.97. The molecule has 0 radical (unpaired) electrons. The van der Waals surface area contributed by atoms with Gasteiger partial charge < -0.3 is 15.4 Å². The van der Waals surface area contributed by atoms with Gasteiger partial charge in [-0.2, -0.15) is 5.10 Å². The fraction of sp³-hybridized carbons (Fsp3) is 0.100. The lowest BCUT2D eigenvalue weighted by Crippen LogP contribution is -2.28. The maximum Gasteiger partial charge on any atom is 0.251 e. The van der Waals surface area contributed by atoms with Crippen molar-refractivity contribution in [3.8, 4) is 33.8 Å². The van der Waals surface area contributed by atoms with Crippen LogP contribution in [-0.4, -0.2) is 40.9 Å². The van der Waals surface area contributed by atoms with Gasteiger partial charge in [0.25, 0.3) is 5.91 Å². The number of hydrogen-bond acceptors (Lipinski definition) is 5. The van der Waals surface area contributed by atoms with Gasteiger partial charge in [0.1, 0.15) is 23.1 Å². The maximum atomic E-state index is 13.1. The molecule has 3 aromatic carbocycles. The molecule has 0 aliphatic heterocycles. The molecule has 38 heavy (non-hydrogen) atoms. The Hall–Kier alpha value is -4.98. The third-order valence-electron chi connectivity index (χ3n) is 5.97. The number of para-hydroxylation sites is 1. The van der Waals surface area contributed by atoms with E-state index in [9.17, 15) is 9.18 Å². The molecule has 5 rings (SSSR count). The van der Waals surface area contributed by atoms with Crippen LogP contribution in [0.25, 0.3) is 28.1 Å². The molecule has 0 unspecified atom stereocenters. The molecule has 2 aromatic heterocycles. The summed E-state index contributed by atoms with van der Waals surface area (Å²) in [5, 5.41) is 11.0. The standard InChI is InChI=1S/C30H26FN5O2/c1-38-26-9-5-6-23(18-26)29-27(20-36(35-29)25-7-3-2-4-8-25)22-14-15-32-28(19-22)33-16-17-34-30(37)21-10-12-24(31)13-11-21/h2-15,18-20H,16-17H2,1H3,(H,32,33)(H,34,37). The highest BCUT2D eigenvalue weighted by molar-refractivity contribution is 5.94. The quantitative estimate of drug-likeness (QED) is 0.254. The van der Waals surface area contributed by atoms with Crippen molar-refractivity contribution in [1.29, 1.82) is 0 Å². The van der Waals surface area contributed by atoms with Gasteiger partial charge in [0.15, 0.2) is 0 Å². The number of aromatic nitrogens is 3. The number of carbonyl (C=O) groups excluding carboxylic acids is 1. The predicted molar refractivity (Wildman–Crippen MR) is 146 cm³/mol. The molecule has 1 amide bonds. The molecule has 0 bridgehead atoms. The molecule has 7 nitrogen and oxygen atoms in total. The molecule has 0 aliphatic carbocycles. The topological polar surface area (TPSA) is 81.1 Å². The lowest BCUT2D eigenvalue weighted by Gasteiger charge is -2.09. The highest BCUT2D eigenvalue weighted by atomic mass is 19.1. The van der Waals surface area contributed by atoms with E-state index in [1.807, 2.05) is 77.6 Å². The van der Waals surface area contributed by atoms with Crippen molar-refractivity contribution < 1.29 is 13.9 Å². The monoisotopic (exact) mass is 507 g/mol. The van der Waals surface area contributed by atoms with E-state index in [0.29, 0.717) is 24.5 Å². The van der Waals surface area contributed by atoms with Gasteiger partial charge in [0, 0.05) is 42.2 Å². The molecule has 0 spiro atoms. The Kier molecular flexibility index (Phi) is 7.40. The fourth-order valence-electron chi connectivity index (χ4n) is 4.05. The van der Waals surface area contributed by atoms with Crippen molar-refractivity contribution in [2.24, 2.45) is 0 Å². The maximum absolute atomic E-state index is 13.1. The number of hydrogen-bond donors (Lipinski definition) is 2. The lowest BCUT2D eigenvalue weighted by molar-refractivity contribution is 0.0955.